The third-order valence-corrected chi connectivity index (χ3v) is 6.63. The molecule has 1 aliphatic rings. The summed E-state index contributed by atoms with van der Waals surface area (Å²) in [7, 11) is 0. The van der Waals surface area contributed by atoms with Crippen LogP contribution < -0.4 is 11.5 Å². The fraction of sp³-hybridized carbons (Fsp3) is 0.381. The highest BCUT2D eigenvalue weighted by Crippen LogP contribution is 2.41. The molecule has 1 atom stereocenters. The fourth-order valence-corrected chi connectivity index (χ4v) is 4.87. The molecule has 3 aromatic rings. The summed E-state index contributed by atoms with van der Waals surface area (Å²) in [6.07, 6.45) is 6.08. The Bertz CT molecular complexity index is 982. The summed E-state index contributed by atoms with van der Waals surface area (Å²) < 4.78 is 2.06. The van der Waals surface area contributed by atoms with Crippen LogP contribution in [0.1, 0.15) is 36.9 Å². The molecule has 1 aromatic carbocycles. The van der Waals surface area contributed by atoms with Crippen LogP contribution >= 0.6 is 23.7 Å². The van der Waals surface area contributed by atoms with Crippen LogP contribution in [0.5, 0.6) is 0 Å². The maximum Gasteiger partial charge on any atom is 0.239 e. The number of imidazole rings is 1. The Morgan fingerprint density at radius 1 is 1.20 bits per heavy atom. The molecule has 0 radical (unpaired) electrons. The van der Waals surface area contributed by atoms with Crippen LogP contribution in [-0.4, -0.2) is 45.2 Å². The number of piperidine rings is 1. The lowest BCUT2D eigenvalue weighted by molar-refractivity contribution is -0.134. The first kappa shape index (κ1) is 22.3. The first-order valence-electron chi connectivity index (χ1n) is 9.80. The molecule has 7 nitrogen and oxygen atoms in total. The lowest BCUT2D eigenvalue weighted by Gasteiger charge is -2.42. The number of halogens is 1. The Labute approximate surface area is 185 Å². The van der Waals surface area contributed by atoms with E-state index >= 15 is 0 Å². The standard InChI is InChI=1S/C21H25N5O2S.ClH/c22-16(6-7-18(23)27)19(28)25-10-8-21(9-11-25,15-4-2-1-3-5-15)17-14-26-12-13-29-20(26)24-17;/h1-5,12-14,16H,6-11,22H2,(H2,23,27);1H/t16-;/m1./s1. The van der Waals surface area contributed by atoms with Gasteiger partial charge in [0.05, 0.1) is 11.7 Å². The second kappa shape index (κ2) is 9.16. The molecule has 0 saturated carbocycles. The molecule has 0 bridgehead atoms. The zero-order chi connectivity index (χ0) is 20.4. The summed E-state index contributed by atoms with van der Waals surface area (Å²) in [5, 5.41) is 2.02. The molecule has 9 heteroatoms. The van der Waals surface area contributed by atoms with Crippen molar-refractivity contribution in [1.82, 2.24) is 14.3 Å². The van der Waals surface area contributed by atoms with Gasteiger partial charge in [0.1, 0.15) is 0 Å². The molecule has 1 saturated heterocycles. The highest BCUT2D eigenvalue weighted by atomic mass is 35.5. The number of fused-ring (bicyclic) bond motifs is 1. The van der Waals surface area contributed by atoms with Gasteiger partial charge in [-0.05, 0) is 24.8 Å². The van der Waals surface area contributed by atoms with E-state index in [1.165, 1.54) is 5.56 Å². The van der Waals surface area contributed by atoms with E-state index in [1.54, 1.807) is 11.3 Å². The number of likely N-dealkylation sites (tertiary alicyclic amines) is 1. The molecule has 2 aromatic heterocycles. The van der Waals surface area contributed by atoms with Gasteiger partial charge in [0.15, 0.2) is 4.96 Å². The van der Waals surface area contributed by atoms with Gasteiger partial charge in [-0.3, -0.25) is 14.0 Å². The maximum atomic E-state index is 12.7. The van der Waals surface area contributed by atoms with E-state index in [9.17, 15) is 9.59 Å². The Kier molecular flexibility index (Phi) is 6.80. The predicted molar refractivity (Wildman–Crippen MR) is 120 cm³/mol. The SMILES string of the molecule is Cl.NC(=O)CC[C@@H](N)C(=O)N1CCC(c2ccccc2)(c2cn3ccsc3n2)CC1. The number of nitrogens with two attached hydrogens (primary N) is 2. The van der Waals surface area contributed by atoms with Crippen LogP contribution in [-0.2, 0) is 15.0 Å². The largest absolute Gasteiger partial charge is 0.370 e. The molecule has 3 heterocycles. The monoisotopic (exact) mass is 447 g/mol. The topological polar surface area (TPSA) is 107 Å². The van der Waals surface area contributed by atoms with E-state index in [0.29, 0.717) is 13.1 Å². The van der Waals surface area contributed by atoms with Gasteiger partial charge in [-0.2, -0.15) is 0 Å². The molecular formula is C21H26ClN5O2S. The molecule has 30 heavy (non-hydrogen) atoms. The third-order valence-electron chi connectivity index (χ3n) is 5.86. The van der Waals surface area contributed by atoms with Gasteiger partial charge in [0.25, 0.3) is 0 Å². The number of rotatable bonds is 6. The number of nitrogens with zero attached hydrogens (tertiary/aromatic N) is 3. The van der Waals surface area contributed by atoms with E-state index < -0.39 is 11.9 Å². The van der Waals surface area contributed by atoms with Crippen molar-refractivity contribution < 1.29 is 9.59 Å². The quantitative estimate of drug-likeness (QED) is 0.604. The van der Waals surface area contributed by atoms with E-state index in [4.69, 9.17) is 16.5 Å². The molecule has 1 fully saturated rings. The minimum absolute atomic E-state index is 0. The number of hydrogen-bond acceptors (Lipinski definition) is 5. The van der Waals surface area contributed by atoms with Crippen molar-refractivity contribution in [2.45, 2.75) is 37.1 Å². The summed E-state index contributed by atoms with van der Waals surface area (Å²) in [4.78, 5) is 31.4. The molecule has 160 valence electrons. The van der Waals surface area contributed by atoms with E-state index in [1.807, 2.05) is 34.7 Å². The Balaban J connectivity index is 0.00000256. The first-order chi connectivity index (χ1) is 14.0. The fourth-order valence-electron chi connectivity index (χ4n) is 4.17. The summed E-state index contributed by atoms with van der Waals surface area (Å²) in [6.45, 7) is 1.20. The normalized spacial score (nSPS) is 16.8. The van der Waals surface area contributed by atoms with Gasteiger partial charge in [-0.1, -0.05) is 30.3 Å². The summed E-state index contributed by atoms with van der Waals surface area (Å²) in [5.74, 6) is -0.548. The third kappa shape index (κ3) is 4.21. The second-order valence-corrected chi connectivity index (χ2v) is 8.48. The predicted octanol–water partition coefficient (Wildman–Crippen LogP) is 2.32. The highest BCUT2D eigenvalue weighted by Gasteiger charge is 2.41. The van der Waals surface area contributed by atoms with E-state index in [2.05, 4.69) is 22.7 Å². The number of amides is 2. The van der Waals surface area contributed by atoms with Crippen molar-refractivity contribution in [3.05, 3.63) is 59.4 Å². The van der Waals surface area contributed by atoms with Crippen LogP contribution in [0.3, 0.4) is 0 Å². The number of primary amides is 1. The van der Waals surface area contributed by atoms with Crippen LogP contribution in [0.2, 0.25) is 0 Å². The molecule has 0 aliphatic carbocycles. The van der Waals surface area contributed by atoms with Crippen molar-refractivity contribution >= 4 is 40.5 Å². The minimum Gasteiger partial charge on any atom is -0.370 e. The average Bonchev–Trinajstić information content (AvgIpc) is 3.35. The number of benzene rings is 1. The number of aromatic nitrogens is 2. The first-order valence-corrected chi connectivity index (χ1v) is 10.7. The number of hydrogen-bond donors (Lipinski definition) is 2. The molecule has 4 rings (SSSR count). The van der Waals surface area contributed by atoms with Crippen LogP contribution in [0.25, 0.3) is 4.96 Å². The zero-order valence-corrected chi connectivity index (χ0v) is 18.2. The molecule has 0 spiro atoms. The lowest BCUT2D eigenvalue weighted by atomic mass is 9.70. The minimum atomic E-state index is -0.690. The van der Waals surface area contributed by atoms with Crippen LogP contribution in [0.4, 0.5) is 0 Å². The zero-order valence-electron chi connectivity index (χ0n) is 16.6. The summed E-state index contributed by atoms with van der Waals surface area (Å²) in [6, 6.07) is 9.70. The smallest absolute Gasteiger partial charge is 0.239 e. The molecule has 4 N–H and O–H groups in total. The van der Waals surface area contributed by atoms with Crippen LogP contribution in [0.15, 0.2) is 48.1 Å². The summed E-state index contributed by atoms with van der Waals surface area (Å²) in [5.41, 5.74) is 13.2. The average molecular weight is 448 g/mol. The molecule has 1 aliphatic heterocycles. The Hall–Kier alpha value is -2.42. The number of carbonyl (C=O) groups excluding carboxylic acids is 2. The highest BCUT2D eigenvalue weighted by molar-refractivity contribution is 7.15. The number of carbonyl (C=O) groups is 2. The van der Waals surface area contributed by atoms with Gasteiger partial charge in [0, 0.05) is 42.7 Å². The van der Waals surface area contributed by atoms with Crippen molar-refractivity contribution in [1.29, 1.82) is 0 Å². The van der Waals surface area contributed by atoms with Crippen molar-refractivity contribution in [3.8, 4) is 0 Å². The van der Waals surface area contributed by atoms with Crippen LogP contribution in [0, 0.1) is 0 Å². The molecule has 2 amide bonds. The van der Waals surface area contributed by atoms with Crippen molar-refractivity contribution in [2.75, 3.05) is 13.1 Å². The summed E-state index contributed by atoms with van der Waals surface area (Å²) >= 11 is 1.62. The molecular weight excluding hydrogens is 422 g/mol. The van der Waals surface area contributed by atoms with E-state index in [0.717, 1.165) is 23.5 Å². The van der Waals surface area contributed by atoms with Gasteiger partial charge in [-0.25, -0.2) is 4.98 Å². The Morgan fingerprint density at radius 2 is 1.90 bits per heavy atom. The maximum absolute atomic E-state index is 12.7. The second-order valence-electron chi connectivity index (χ2n) is 7.60. The van der Waals surface area contributed by atoms with Gasteiger partial charge < -0.3 is 16.4 Å². The molecule has 0 unspecified atom stereocenters. The van der Waals surface area contributed by atoms with Gasteiger partial charge in [0.2, 0.25) is 11.8 Å². The van der Waals surface area contributed by atoms with Gasteiger partial charge >= 0.3 is 0 Å². The van der Waals surface area contributed by atoms with Gasteiger partial charge in [-0.15, -0.1) is 23.7 Å². The lowest BCUT2D eigenvalue weighted by Crippen LogP contribution is -2.51. The number of thiazole rings is 1. The Morgan fingerprint density at radius 3 is 2.53 bits per heavy atom. The van der Waals surface area contributed by atoms with Crippen molar-refractivity contribution in [3.63, 3.8) is 0 Å². The van der Waals surface area contributed by atoms with E-state index in [-0.39, 0.29) is 36.6 Å². The van der Waals surface area contributed by atoms with Crippen molar-refractivity contribution in [2.24, 2.45) is 11.5 Å².